The predicted molar refractivity (Wildman–Crippen MR) is 80.8 cm³/mol. The van der Waals surface area contributed by atoms with Gasteiger partial charge >= 0.3 is 0 Å². The van der Waals surface area contributed by atoms with Crippen LogP contribution in [-0.2, 0) is 0 Å². The minimum absolute atomic E-state index is 0.250. The summed E-state index contributed by atoms with van der Waals surface area (Å²) in [4.78, 5) is 2.51. The Morgan fingerprint density at radius 2 is 2.16 bits per heavy atom. The standard InChI is InChI=1S/C16H26N2O/c1-12-5-4-6-16(14(12)3)18-13(2)7-9-17-11-15(18)8-10-19/h4-6,13,15,17,19H,7-11H2,1-3H3. The van der Waals surface area contributed by atoms with E-state index in [4.69, 9.17) is 0 Å². The zero-order chi connectivity index (χ0) is 13.8. The van der Waals surface area contributed by atoms with Crippen LogP contribution in [0, 0.1) is 13.8 Å². The molecule has 106 valence electrons. The van der Waals surface area contributed by atoms with E-state index in [1.165, 1.54) is 16.8 Å². The fourth-order valence-electron chi connectivity index (χ4n) is 3.02. The van der Waals surface area contributed by atoms with Crippen molar-refractivity contribution in [2.75, 3.05) is 24.6 Å². The Kier molecular flexibility index (Phi) is 4.83. The quantitative estimate of drug-likeness (QED) is 0.877. The van der Waals surface area contributed by atoms with E-state index in [1.807, 2.05) is 0 Å². The Morgan fingerprint density at radius 3 is 2.89 bits per heavy atom. The van der Waals surface area contributed by atoms with E-state index in [1.54, 1.807) is 0 Å². The Morgan fingerprint density at radius 1 is 1.37 bits per heavy atom. The van der Waals surface area contributed by atoms with Gasteiger partial charge in [-0.3, -0.25) is 0 Å². The SMILES string of the molecule is Cc1cccc(N2C(C)CCNCC2CCO)c1C. The molecule has 0 bridgehead atoms. The molecule has 19 heavy (non-hydrogen) atoms. The normalized spacial score (nSPS) is 24.3. The van der Waals surface area contributed by atoms with Gasteiger partial charge in [0, 0.05) is 30.9 Å². The number of benzene rings is 1. The van der Waals surface area contributed by atoms with Crippen molar-refractivity contribution in [1.29, 1.82) is 0 Å². The molecule has 1 fully saturated rings. The summed E-state index contributed by atoms with van der Waals surface area (Å²) in [6.07, 6.45) is 1.97. The first-order chi connectivity index (χ1) is 9.15. The average Bonchev–Trinajstić information content (AvgIpc) is 2.56. The first-order valence-corrected chi connectivity index (χ1v) is 7.31. The maximum absolute atomic E-state index is 9.33. The molecule has 1 aromatic carbocycles. The minimum atomic E-state index is 0.250. The fraction of sp³-hybridized carbons (Fsp3) is 0.625. The van der Waals surface area contributed by atoms with Crippen LogP contribution in [0.3, 0.4) is 0 Å². The van der Waals surface area contributed by atoms with Gasteiger partial charge in [-0.15, -0.1) is 0 Å². The summed E-state index contributed by atoms with van der Waals surface area (Å²) in [6.45, 7) is 8.93. The molecule has 0 radical (unpaired) electrons. The molecule has 1 heterocycles. The van der Waals surface area contributed by atoms with Crippen LogP contribution in [0.25, 0.3) is 0 Å². The molecular weight excluding hydrogens is 236 g/mol. The molecule has 0 spiro atoms. The van der Waals surface area contributed by atoms with E-state index in [0.29, 0.717) is 12.1 Å². The zero-order valence-corrected chi connectivity index (χ0v) is 12.3. The molecule has 0 aliphatic carbocycles. The molecule has 3 heteroatoms. The van der Waals surface area contributed by atoms with Crippen LogP contribution in [0.5, 0.6) is 0 Å². The second-order valence-electron chi connectivity index (χ2n) is 5.63. The zero-order valence-electron chi connectivity index (χ0n) is 12.3. The maximum atomic E-state index is 9.33. The molecule has 1 aliphatic heterocycles. The van der Waals surface area contributed by atoms with Crippen LogP contribution in [0.2, 0.25) is 0 Å². The lowest BCUT2D eigenvalue weighted by Gasteiger charge is -2.37. The van der Waals surface area contributed by atoms with Crippen molar-refractivity contribution in [3.63, 3.8) is 0 Å². The summed E-state index contributed by atoms with van der Waals surface area (Å²) >= 11 is 0. The minimum Gasteiger partial charge on any atom is -0.396 e. The molecule has 3 nitrogen and oxygen atoms in total. The van der Waals surface area contributed by atoms with Gasteiger partial charge in [-0.2, -0.15) is 0 Å². The van der Waals surface area contributed by atoms with Crippen molar-refractivity contribution in [2.45, 2.75) is 45.7 Å². The van der Waals surface area contributed by atoms with Crippen molar-refractivity contribution in [3.05, 3.63) is 29.3 Å². The van der Waals surface area contributed by atoms with Gasteiger partial charge in [-0.1, -0.05) is 12.1 Å². The van der Waals surface area contributed by atoms with Crippen LogP contribution in [0.1, 0.15) is 30.9 Å². The molecule has 2 atom stereocenters. The third-order valence-corrected chi connectivity index (χ3v) is 4.30. The number of nitrogens with zero attached hydrogens (tertiary/aromatic N) is 1. The molecule has 2 unspecified atom stereocenters. The number of aliphatic hydroxyl groups excluding tert-OH is 1. The number of hydrogen-bond acceptors (Lipinski definition) is 3. The van der Waals surface area contributed by atoms with Crippen molar-refractivity contribution >= 4 is 5.69 Å². The Balaban J connectivity index is 2.37. The number of hydrogen-bond donors (Lipinski definition) is 2. The number of aliphatic hydroxyl groups is 1. The second-order valence-corrected chi connectivity index (χ2v) is 5.63. The summed E-state index contributed by atoms with van der Waals surface area (Å²) in [5.41, 5.74) is 4.03. The van der Waals surface area contributed by atoms with E-state index in [0.717, 1.165) is 25.9 Å². The van der Waals surface area contributed by atoms with Crippen molar-refractivity contribution < 1.29 is 5.11 Å². The van der Waals surface area contributed by atoms with E-state index in [2.05, 4.69) is 49.2 Å². The molecule has 0 aromatic heterocycles. The lowest BCUT2D eigenvalue weighted by atomic mass is 10.0. The number of rotatable bonds is 3. The molecule has 0 saturated carbocycles. The summed E-state index contributed by atoms with van der Waals surface area (Å²) in [7, 11) is 0. The van der Waals surface area contributed by atoms with Gasteiger partial charge in [0.1, 0.15) is 0 Å². The van der Waals surface area contributed by atoms with Crippen LogP contribution in [0.15, 0.2) is 18.2 Å². The summed E-state index contributed by atoms with van der Waals surface area (Å²) in [5.74, 6) is 0. The van der Waals surface area contributed by atoms with Gasteiger partial charge in [0.05, 0.1) is 0 Å². The van der Waals surface area contributed by atoms with E-state index < -0.39 is 0 Å². The molecule has 2 rings (SSSR count). The Hall–Kier alpha value is -1.06. The van der Waals surface area contributed by atoms with Crippen molar-refractivity contribution in [2.24, 2.45) is 0 Å². The molecule has 2 N–H and O–H groups in total. The third kappa shape index (κ3) is 3.10. The van der Waals surface area contributed by atoms with E-state index in [-0.39, 0.29) is 6.61 Å². The second kappa shape index (κ2) is 6.40. The van der Waals surface area contributed by atoms with Gasteiger partial charge in [0.15, 0.2) is 0 Å². The Bertz CT molecular complexity index is 419. The summed E-state index contributed by atoms with van der Waals surface area (Å²) < 4.78 is 0. The summed E-state index contributed by atoms with van der Waals surface area (Å²) in [5, 5.41) is 12.8. The lowest BCUT2D eigenvalue weighted by molar-refractivity contribution is 0.271. The van der Waals surface area contributed by atoms with Crippen molar-refractivity contribution in [3.8, 4) is 0 Å². The highest BCUT2D eigenvalue weighted by Gasteiger charge is 2.27. The van der Waals surface area contributed by atoms with Gasteiger partial charge in [-0.25, -0.2) is 0 Å². The average molecular weight is 262 g/mol. The van der Waals surface area contributed by atoms with Gasteiger partial charge in [-0.05, 0) is 57.4 Å². The van der Waals surface area contributed by atoms with Crippen LogP contribution in [-0.4, -0.2) is 36.9 Å². The topological polar surface area (TPSA) is 35.5 Å². The molecular formula is C16H26N2O. The largest absolute Gasteiger partial charge is 0.396 e. The van der Waals surface area contributed by atoms with Crippen molar-refractivity contribution in [1.82, 2.24) is 5.32 Å². The summed E-state index contributed by atoms with van der Waals surface area (Å²) in [6, 6.07) is 7.41. The monoisotopic (exact) mass is 262 g/mol. The fourth-order valence-corrected chi connectivity index (χ4v) is 3.02. The third-order valence-electron chi connectivity index (χ3n) is 4.30. The number of anilines is 1. The molecule has 1 saturated heterocycles. The van der Waals surface area contributed by atoms with E-state index in [9.17, 15) is 5.11 Å². The Labute approximate surface area is 116 Å². The van der Waals surface area contributed by atoms with Gasteiger partial charge in [0.25, 0.3) is 0 Å². The van der Waals surface area contributed by atoms with Crippen LogP contribution >= 0.6 is 0 Å². The smallest absolute Gasteiger partial charge is 0.0451 e. The molecule has 1 aromatic rings. The lowest BCUT2D eigenvalue weighted by Crippen LogP contribution is -2.44. The maximum Gasteiger partial charge on any atom is 0.0451 e. The van der Waals surface area contributed by atoms with Gasteiger partial charge in [0.2, 0.25) is 0 Å². The van der Waals surface area contributed by atoms with Crippen LogP contribution in [0.4, 0.5) is 5.69 Å². The highest BCUT2D eigenvalue weighted by atomic mass is 16.3. The number of aryl methyl sites for hydroxylation is 1. The van der Waals surface area contributed by atoms with Crippen LogP contribution < -0.4 is 10.2 Å². The van der Waals surface area contributed by atoms with Gasteiger partial charge < -0.3 is 15.3 Å². The molecule has 1 aliphatic rings. The highest BCUT2D eigenvalue weighted by Crippen LogP contribution is 2.29. The first kappa shape index (κ1) is 14.4. The molecule has 0 amide bonds. The first-order valence-electron chi connectivity index (χ1n) is 7.31. The van der Waals surface area contributed by atoms with E-state index >= 15 is 0 Å². The number of nitrogens with one attached hydrogen (secondary N) is 1. The predicted octanol–water partition coefficient (Wildman–Crippen LogP) is 2.24. The highest BCUT2D eigenvalue weighted by molar-refractivity contribution is 5.57.